The number of Topliss-reactive ketones (excluding diaryl/α,β-unsaturated/α-hetero) is 1. The number of benzene rings is 3. The van der Waals surface area contributed by atoms with Gasteiger partial charge in [0.05, 0.1) is 29.4 Å². The number of aromatic hydroxyl groups is 2. The van der Waals surface area contributed by atoms with Gasteiger partial charge in [-0.15, -0.1) is 0 Å². The Morgan fingerprint density at radius 2 is 1.59 bits per heavy atom. The van der Waals surface area contributed by atoms with Gasteiger partial charge >= 0.3 is 6.09 Å². The fraction of sp³-hybridized carbons (Fsp3) is 0.353. The molecule has 12 nitrogen and oxygen atoms in total. The quantitative estimate of drug-likeness (QED) is 0.197. The van der Waals surface area contributed by atoms with Crippen molar-refractivity contribution in [2.75, 3.05) is 0 Å². The Morgan fingerprint density at radius 1 is 0.978 bits per heavy atom. The Bertz CT molecular complexity index is 1740. The van der Waals surface area contributed by atoms with Gasteiger partial charge < -0.3 is 40.0 Å². The Kier molecular flexibility index (Phi) is 8.15. The van der Waals surface area contributed by atoms with Crippen LogP contribution in [0.3, 0.4) is 0 Å². The number of nitrogens with one attached hydrogen (secondary N) is 1. The molecular weight excluding hydrogens is 598 g/mol. The van der Waals surface area contributed by atoms with Gasteiger partial charge in [-0.3, -0.25) is 14.4 Å². The molecule has 1 heterocycles. The number of carbonyl (C=O) groups excluding carboxylic acids is 4. The van der Waals surface area contributed by atoms with Gasteiger partial charge in [0, 0.05) is 41.5 Å². The zero-order valence-electron chi connectivity index (χ0n) is 25.1. The van der Waals surface area contributed by atoms with E-state index in [4.69, 9.17) is 14.2 Å². The van der Waals surface area contributed by atoms with Crippen molar-refractivity contribution >= 4 is 23.4 Å². The molecule has 1 saturated heterocycles. The van der Waals surface area contributed by atoms with Crippen molar-refractivity contribution in [1.29, 1.82) is 0 Å². The number of alkyl carbamates (subject to hydrolysis) is 1. The van der Waals surface area contributed by atoms with Gasteiger partial charge in [-0.1, -0.05) is 54.6 Å². The summed E-state index contributed by atoms with van der Waals surface area (Å²) in [5.74, 6) is -3.28. The molecular formula is C34H33NO11. The lowest BCUT2D eigenvalue weighted by molar-refractivity contribution is -0.249. The van der Waals surface area contributed by atoms with Crippen LogP contribution in [0.2, 0.25) is 0 Å². The second kappa shape index (κ2) is 12.0. The first-order valence-electron chi connectivity index (χ1n) is 14.9. The predicted octanol–water partition coefficient (Wildman–Crippen LogP) is 2.99. The maximum absolute atomic E-state index is 13.5. The summed E-state index contributed by atoms with van der Waals surface area (Å²) in [4.78, 5) is 52.3. The zero-order valence-corrected chi connectivity index (χ0v) is 25.1. The van der Waals surface area contributed by atoms with Crippen LogP contribution in [0.15, 0.2) is 54.6 Å². The third kappa shape index (κ3) is 5.43. The standard InChI is InChI=1S/C34H33NO11/c1-16-28(37)22(35-33(42)44-15-18-8-4-3-5-9-18)12-24(45-16)46-23-14-34(43,17(2)36)13-21-25(23)32(41)27-26(31(21)40)29(38)19-10-6-7-11-20(19)30(27)39/h3-11,16,22-24,28,37,40-41,43H,12-15H2,1-2H3,(H,35,42)/t16-,22-,23-,24-,28+,34-/m0/s1. The smallest absolute Gasteiger partial charge is 0.407 e. The second-order valence-electron chi connectivity index (χ2n) is 11.9. The molecule has 0 radical (unpaired) electrons. The minimum Gasteiger partial charge on any atom is -0.507 e. The fourth-order valence-corrected chi connectivity index (χ4v) is 6.45. The van der Waals surface area contributed by atoms with Gasteiger partial charge in [0.15, 0.2) is 23.6 Å². The minimum absolute atomic E-state index is 0.00273. The van der Waals surface area contributed by atoms with Crippen LogP contribution in [-0.4, -0.2) is 74.0 Å². The number of hydrogen-bond acceptors (Lipinski definition) is 11. The lowest BCUT2D eigenvalue weighted by Gasteiger charge is -2.42. The molecule has 1 fully saturated rings. The van der Waals surface area contributed by atoms with Crippen LogP contribution in [0.25, 0.3) is 0 Å². The number of amides is 1. The van der Waals surface area contributed by atoms with Crippen molar-refractivity contribution in [3.05, 3.63) is 93.5 Å². The maximum atomic E-state index is 13.5. The summed E-state index contributed by atoms with van der Waals surface area (Å²) < 4.78 is 17.4. The number of ketones is 3. The Labute approximate surface area is 263 Å². The highest BCUT2D eigenvalue weighted by Gasteiger charge is 2.49. The van der Waals surface area contributed by atoms with Crippen molar-refractivity contribution in [2.24, 2.45) is 0 Å². The fourth-order valence-electron chi connectivity index (χ4n) is 6.45. The van der Waals surface area contributed by atoms with E-state index in [0.29, 0.717) is 0 Å². The molecule has 5 N–H and O–H groups in total. The molecule has 6 atom stereocenters. The highest BCUT2D eigenvalue weighted by Crippen LogP contribution is 2.52. The van der Waals surface area contributed by atoms with Crippen molar-refractivity contribution in [3.63, 3.8) is 0 Å². The first-order valence-corrected chi connectivity index (χ1v) is 14.9. The number of phenols is 2. The summed E-state index contributed by atoms with van der Waals surface area (Å²) in [6.45, 7) is 2.73. The molecule has 1 amide bonds. The number of phenolic OH excluding ortho intramolecular Hbond substituents is 2. The van der Waals surface area contributed by atoms with Gasteiger partial charge in [-0.25, -0.2) is 4.79 Å². The summed E-state index contributed by atoms with van der Waals surface area (Å²) in [6, 6.07) is 14.1. The number of carbonyl (C=O) groups is 4. The molecule has 1 aliphatic heterocycles. The van der Waals surface area contributed by atoms with E-state index in [9.17, 15) is 39.6 Å². The van der Waals surface area contributed by atoms with Gasteiger partial charge in [-0.05, 0) is 19.4 Å². The monoisotopic (exact) mass is 631 g/mol. The Morgan fingerprint density at radius 3 is 2.22 bits per heavy atom. The molecule has 6 rings (SSSR count). The molecule has 0 saturated carbocycles. The van der Waals surface area contributed by atoms with E-state index in [1.165, 1.54) is 19.1 Å². The number of rotatable bonds is 6. The Hall–Kier alpha value is -4.62. The molecule has 240 valence electrons. The van der Waals surface area contributed by atoms with Crippen LogP contribution >= 0.6 is 0 Å². The number of fused-ring (bicyclic) bond motifs is 3. The Balaban J connectivity index is 1.31. The molecule has 0 aromatic heterocycles. The molecule has 3 aromatic carbocycles. The number of ether oxygens (including phenoxy) is 3. The van der Waals surface area contributed by atoms with Crippen molar-refractivity contribution in [2.45, 2.75) is 76.0 Å². The second-order valence-corrected chi connectivity index (χ2v) is 11.9. The summed E-state index contributed by atoms with van der Waals surface area (Å²) in [5.41, 5.74) is -2.22. The van der Waals surface area contributed by atoms with E-state index >= 15 is 0 Å². The first-order chi connectivity index (χ1) is 21.9. The number of hydrogen-bond donors (Lipinski definition) is 5. The topological polar surface area (TPSA) is 189 Å². The molecule has 3 aliphatic rings. The lowest BCUT2D eigenvalue weighted by Crippen LogP contribution is -2.55. The van der Waals surface area contributed by atoms with Crippen LogP contribution in [0.1, 0.15) is 81.3 Å². The molecule has 0 bridgehead atoms. The molecule has 2 aliphatic carbocycles. The van der Waals surface area contributed by atoms with Gasteiger partial charge in [0.2, 0.25) is 0 Å². The maximum Gasteiger partial charge on any atom is 0.407 e. The van der Waals surface area contributed by atoms with Crippen molar-refractivity contribution in [1.82, 2.24) is 5.32 Å². The van der Waals surface area contributed by atoms with Crippen molar-refractivity contribution in [3.8, 4) is 11.5 Å². The highest BCUT2D eigenvalue weighted by molar-refractivity contribution is 6.30. The van der Waals surface area contributed by atoms with Crippen LogP contribution in [0.4, 0.5) is 4.79 Å². The molecule has 0 spiro atoms. The van der Waals surface area contributed by atoms with Crippen LogP contribution < -0.4 is 5.32 Å². The SMILES string of the molecule is CC(=O)[C@]1(O)Cc2c(O)c3c(c(O)c2[C@@H](O[C@H]2C[C@H](NC(=O)OCc4ccccc4)[C@H](O)[C@H](C)O2)C1)C(=O)c1ccccc1C3=O. The summed E-state index contributed by atoms with van der Waals surface area (Å²) in [5, 5.41) is 47.8. The van der Waals surface area contributed by atoms with Gasteiger partial charge in [0.25, 0.3) is 0 Å². The highest BCUT2D eigenvalue weighted by atomic mass is 16.7. The molecule has 3 aromatic rings. The van der Waals surface area contributed by atoms with E-state index in [1.54, 1.807) is 43.3 Å². The molecule has 12 heteroatoms. The summed E-state index contributed by atoms with van der Waals surface area (Å²) in [6.07, 6.45) is -6.18. The molecule has 0 unspecified atom stereocenters. The van der Waals surface area contributed by atoms with E-state index < -0.39 is 88.7 Å². The average molecular weight is 632 g/mol. The van der Waals surface area contributed by atoms with Crippen LogP contribution in [0.5, 0.6) is 11.5 Å². The minimum atomic E-state index is -2.06. The largest absolute Gasteiger partial charge is 0.507 e. The molecule has 46 heavy (non-hydrogen) atoms. The van der Waals surface area contributed by atoms with Crippen LogP contribution in [0, 0.1) is 0 Å². The van der Waals surface area contributed by atoms with E-state index in [0.717, 1.165) is 5.56 Å². The predicted molar refractivity (Wildman–Crippen MR) is 159 cm³/mol. The van der Waals surface area contributed by atoms with E-state index in [-0.39, 0.29) is 41.7 Å². The van der Waals surface area contributed by atoms with Gasteiger partial charge in [0.1, 0.15) is 29.8 Å². The summed E-state index contributed by atoms with van der Waals surface area (Å²) in [7, 11) is 0. The van der Waals surface area contributed by atoms with Gasteiger partial charge in [-0.2, -0.15) is 0 Å². The summed E-state index contributed by atoms with van der Waals surface area (Å²) >= 11 is 0. The third-order valence-electron chi connectivity index (χ3n) is 8.97. The van der Waals surface area contributed by atoms with Crippen LogP contribution in [-0.2, 0) is 32.0 Å². The number of aliphatic hydroxyl groups is 2. The lowest BCUT2D eigenvalue weighted by atomic mass is 9.72. The van der Waals surface area contributed by atoms with Crippen molar-refractivity contribution < 1.29 is 53.8 Å². The van der Waals surface area contributed by atoms with E-state index in [1.807, 2.05) is 6.07 Å². The average Bonchev–Trinajstić information content (AvgIpc) is 3.03. The number of aliphatic hydroxyl groups excluding tert-OH is 1. The normalized spacial score (nSPS) is 26.8. The third-order valence-corrected chi connectivity index (χ3v) is 8.97. The first kappa shape index (κ1) is 31.4. The van der Waals surface area contributed by atoms with E-state index in [2.05, 4.69) is 5.32 Å². The zero-order chi connectivity index (χ0) is 32.9.